The Morgan fingerprint density at radius 2 is 0.825 bits per heavy atom. The fraction of sp³-hybridized carbons (Fsp3) is 0. The minimum Gasteiger partial charge on any atom is -0.310 e. The van der Waals surface area contributed by atoms with Crippen molar-refractivity contribution >= 4 is 38.6 Å². The Morgan fingerprint density at radius 1 is 0.286 bits per heavy atom. The van der Waals surface area contributed by atoms with Crippen molar-refractivity contribution in [1.82, 2.24) is 0 Å². The molecule has 0 saturated heterocycles. The molecule has 0 aliphatic carbocycles. The summed E-state index contributed by atoms with van der Waals surface area (Å²) in [5.41, 5.74) is 8.79. The molecule has 1 nitrogen and oxygen atoms in total. The minimum absolute atomic E-state index is 0.0944. The average Bonchev–Trinajstić information content (AvgIpc) is 3.42. The van der Waals surface area contributed by atoms with Crippen LogP contribution in [-0.2, 0) is 0 Å². The van der Waals surface area contributed by atoms with E-state index in [-0.39, 0.29) is 46.7 Å². The SMILES string of the molecule is [2H]c1c([2H])c(-c2ccc3ccccc3c2)c([2H])c(N(c2ccc(-c3c(-c4ccccc4)ccc4ccccc34)cc2)c2c([2H])c([2H])c(-c3ccc(-c4ccccc4)c(-c4ccccc4)c3)c([2H])c2[2H])c1[2H]. The van der Waals surface area contributed by atoms with Crippen molar-refractivity contribution in [3.8, 4) is 66.8 Å². The maximum Gasteiger partial charge on any atom is 0.0651 e. The molecule has 11 aromatic rings. The maximum absolute atomic E-state index is 9.93. The molecule has 0 unspecified atom stereocenters. The molecule has 63 heavy (non-hydrogen) atoms. The van der Waals surface area contributed by atoms with Crippen LogP contribution in [0.3, 0.4) is 0 Å². The summed E-state index contributed by atoms with van der Waals surface area (Å²) < 4.78 is 77.0. The molecule has 0 radical (unpaired) electrons. The lowest BCUT2D eigenvalue weighted by atomic mass is 9.89. The van der Waals surface area contributed by atoms with E-state index < -0.39 is 24.2 Å². The molecule has 11 rings (SSSR count). The van der Waals surface area contributed by atoms with Crippen LogP contribution in [0.25, 0.3) is 88.3 Å². The van der Waals surface area contributed by atoms with Crippen LogP contribution in [0.15, 0.2) is 261 Å². The first-order valence-electron chi connectivity index (χ1n) is 25.0. The Hall–Kier alpha value is -8.26. The molecule has 0 aliphatic heterocycles. The molecule has 0 aliphatic rings. The topological polar surface area (TPSA) is 3.24 Å². The number of nitrogens with zero attached hydrogens (tertiary/aromatic N) is 1. The van der Waals surface area contributed by atoms with Crippen molar-refractivity contribution in [2.45, 2.75) is 0 Å². The van der Waals surface area contributed by atoms with E-state index in [9.17, 15) is 11.0 Å². The Bertz CT molecular complexity index is 3810. The van der Waals surface area contributed by atoms with E-state index in [2.05, 4.69) is 36.4 Å². The van der Waals surface area contributed by atoms with Gasteiger partial charge in [0.2, 0.25) is 0 Å². The van der Waals surface area contributed by atoms with Gasteiger partial charge >= 0.3 is 0 Å². The first-order chi connectivity index (χ1) is 34.6. The lowest BCUT2D eigenvalue weighted by Crippen LogP contribution is -2.10. The second-order valence-corrected chi connectivity index (χ2v) is 15.5. The molecule has 0 spiro atoms. The predicted octanol–water partition coefficient (Wildman–Crippen LogP) is 17.5. The van der Waals surface area contributed by atoms with Crippen molar-refractivity contribution in [3.05, 3.63) is 261 Å². The van der Waals surface area contributed by atoms with E-state index in [0.717, 1.165) is 66.1 Å². The third-order valence-electron chi connectivity index (χ3n) is 11.6. The van der Waals surface area contributed by atoms with E-state index in [1.807, 2.05) is 158 Å². The monoisotopic (exact) mass is 809 g/mol. The van der Waals surface area contributed by atoms with Crippen molar-refractivity contribution in [2.24, 2.45) is 0 Å². The summed E-state index contributed by atoms with van der Waals surface area (Å²) in [7, 11) is 0. The quantitative estimate of drug-likeness (QED) is 0.140. The van der Waals surface area contributed by atoms with E-state index in [4.69, 9.17) is 0 Å². The minimum atomic E-state index is -0.459. The summed E-state index contributed by atoms with van der Waals surface area (Å²) in [5.74, 6) is 0. The van der Waals surface area contributed by atoms with E-state index in [0.29, 0.717) is 16.8 Å². The number of hydrogen-bond acceptors (Lipinski definition) is 1. The smallest absolute Gasteiger partial charge is 0.0651 e. The van der Waals surface area contributed by atoms with Gasteiger partial charge in [-0.15, -0.1) is 0 Å². The first-order valence-corrected chi connectivity index (χ1v) is 21.0. The highest BCUT2D eigenvalue weighted by atomic mass is 15.1. The third-order valence-corrected chi connectivity index (χ3v) is 11.6. The van der Waals surface area contributed by atoms with Crippen molar-refractivity contribution < 1.29 is 11.0 Å². The van der Waals surface area contributed by atoms with Gasteiger partial charge in [0.05, 0.1) is 11.0 Å². The van der Waals surface area contributed by atoms with Gasteiger partial charge in [-0.2, -0.15) is 0 Å². The zero-order valence-corrected chi connectivity index (χ0v) is 34.2. The molecule has 1 heteroatoms. The third kappa shape index (κ3) is 7.47. The van der Waals surface area contributed by atoms with E-state index in [1.54, 1.807) is 18.2 Å². The first kappa shape index (κ1) is 29.9. The zero-order valence-electron chi connectivity index (χ0n) is 42.2. The van der Waals surface area contributed by atoms with Crippen molar-refractivity contribution in [3.63, 3.8) is 0 Å². The summed E-state index contributed by atoms with van der Waals surface area (Å²) in [6, 6.07) is 65.9. The normalized spacial score (nSPS) is 13.0. The molecule has 0 N–H and O–H groups in total. The van der Waals surface area contributed by atoms with Crippen LogP contribution in [0.2, 0.25) is 0 Å². The van der Waals surface area contributed by atoms with E-state index in [1.165, 1.54) is 4.90 Å². The number of rotatable bonds is 9. The highest BCUT2D eigenvalue weighted by molar-refractivity contribution is 6.04. The molecule has 0 heterocycles. The number of fused-ring (bicyclic) bond motifs is 2. The van der Waals surface area contributed by atoms with Gasteiger partial charge in [0.1, 0.15) is 0 Å². The van der Waals surface area contributed by atoms with Gasteiger partial charge in [-0.25, -0.2) is 0 Å². The lowest BCUT2D eigenvalue weighted by Gasteiger charge is -2.27. The average molecular weight is 810 g/mol. The van der Waals surface area contributed by atoms with Gasteiger partial charge in [-0.3, -0.25) is 0 Å². The van der Waals surface area contributed by atoms with Crippen molar-refractivity contribution in [2.75, 3.05) is 4.90 Å². The molecule has 0 amide bonds. The van der Waals surface area contributed by atoms with Crippen LogP contribution in [0.5, 0.6) is 0 Å². The fourth-order valence-electron chi connectivity index (χ4n) is 8.51. The Labute approximate surface area is 380 Å². The largest absolute Gasteiger partial charge is 0.310 e. The van der Waals surface area contributed by atoms with Crippen LogP contribution in [0.4, 0.5) is 17.1 Å². The summed E-state index contributed by atoms with van der Waals surface area (Å²) in [6.07, 6.45) is 0. The summed E-state index contributed by atoms with van der Waals surface area (Å²) >= 11 is 0. The molecule has 0 fully saturated rings. The molecular formula is C62H43N. The standard InChI is InChI=1S/C62H43N/c1-4-16-46(17-5-1)58-39-34-54(43-61(58)48-20-8-3-9-21-48)45-29-35-55(36-30-45)63(57-25-14-24-52(42-57)53-28-27-44-15-10-11-23-51(44)41-53)56-37-31-50(32-38-56)62-59-26-13-12-22-49(59)33-40-60(62)47-18-6-2-7-19-47/h1-43H/i14D,24D,25D,29D,30D,35D,36D,42D. The molecule has 0 saturated carbocycles. The van der Waals surface area contributed by atoms with Crippen LogP contribution in [0.1, 0.15) is 11.0 Å². The number of anilines is 3. The Balaban J connectivity index is 1.14. The summed E-state index contributed by atoms with van der Waals surface area (Å²) in [5, 5.41) is 3.91. The van der Waals surface area contributed by atoms with Crippen LogP contribution >= 0.6 is 0 Å². The van der Waals surface area contributed by atoms with Gasteiger partial charge in [-0.05, 0) is 137 Å². The van der Waals surface area contributed by atoms with Gasteiger partial charge < -0.3 is 4.90 Å². The summed E-state index contributed by atoms with van der Waals surface area (Å²) in [4.78, 5) is 1.41. The highest BCUT2D eigenvalue weighted by Gasteiger charge is 2.18. The zero-order chi connectivity index (χ0) is 48.9. The molecule has 0 atom stereocenters. The van der Waals surface area contributed by atoms with E-state index >= 15 is 0 Å². The van der Waals surface area contributed by atoms with Gasteiger partial charge in [0.25, 0.3) is 0 Å². The van der Waals surface area contributed by atoms with Crippen LogP contribution in [-0.4, -0.2) is 0 Å². The lowest BCUT2D eigenvalue weighted by molar-refractivity contribution is 1.28. The highest BCUT2D eigenvalue weighted by Crippen LogP contribution is 2.43. The summed E-state index contributed by atoms with van der Waals surface area (Å²) in [6.45, 7) is 0. The maximum atomic E-state index is 9.93. The second-order valence-electron chi connectivity index (χ2n) is 15.5. The second kappa shape index (κ2) is 16.7. The molecule has 296 valence electrons. The Kier molecular flexibility index (Phi) is 7.90. The van der Waals surface area contributed by atoms with Crippen molar-refractivity contribution in [1.29, 1.82) is 0 Å². The molecule has 0 aromatic heterocycles. The van der Waals surface area contributed by atoms with Crippen LogP contribution in [0, 0.1) is 0 Å². The Morgan fingerprint density at radius 3 is 1.54 bits per heavy atom. The molecule has 0 bridgehead atoms. The number of benzene rings is 11. The number of hydrogen-bond donors (Lipinski definition) is 0. The van der Waals surface area contributed by atoms with Gasteiger partial charge in [0.15, 0.2) is 0 Å². The van der Waals surface area contributed by atoms with Crippen LogP contribution < -0.4 is 4.90 Å². The fourth-order valence-corrected chi connectivity index (χ4v) is 8.51. The molecule has 11 aromatic carbocycles. The molecular weight excluding hydrogens is 759 g/mol. The van der Waals surface area contributed by atoms with Gasteiger partial charge in [-0.1, -0.05) is 212 Å². The predicted molar refractivity (Wildman–Crippen MR) is 269 cm³/mol. The van der Waals surface area contributed by atoms with Gasteiger partial charge in [0, 0.05) is 17.1 Å².